The van der Waals surface area contributed by atoms with Crippen molar-refractivity contribution in [2.45, 2.75) is 19.8 Å². The average molecular weight is 203 g/mol. The number of nitrogens with one attached hydrogen (secondary N) is 2. The van der Waals surface area contributed by atoms with Gasteiger partial charge in [-0.25, -0.2) is 0 Å². The van der Waals surface area contributed by atoms with Gasteiger partial charge < -0.3 is 15.7 Å². The van der Waals surface area contributed by atoms with Crippen molar-refractivity contribution in [3.63, 3.8) is 0 Å². The van der Waals surface area contributed by atoms with Crippen molar-refractivity contribution < 1.29 is 51.4 Å². The Balaban J connectivity index is 0.00000144. The monoisotopic (exact) mass is 203 g/mol. The predicted octanol–water partition coefficient (Wildman–Crippen LogP) is -0.225. The van der Waals surface area contributed by atoms with E-state index in [1.54, 1.807) is 7.05 Å². The van der Waals surface area contributed by atoms with E-state index in [9.17, 15) is 0 Å². The molecule has 1 rings (SSSR count). The predicted molar refractivity (Wildman–Crippen MR) is 51.7 cm³/mol. The summed E-state index contributed by atoms with van der Waals surface area (Å²) in [5.41, 5.74) is 2.80. The van der Waals surface area contributed by atoms with Gasteiger partial charge in [0.05, 0.1) is 0 Å². The van der Waals surface area contributed by atoms with E-state index in [-0.39, 0.29) is 51.4 Å². The molecule has 0 bridgehead atoms. The number of H-pyrrole nitrogens is 1. The Labute approximate surface area is 122 Å². The SMILES string of the molecule is C[N-]c1cc(C(C)C)[nH]c1C=N.[K+]. The topological polar surface area (TPSA) is 53.7 Å². The molecule has 1 aromatic rings. The number of aromatic amines is 1. The maximum Gasteiger partial charge on any atom is 1.00 e. The van der Waals surface area contributed by atoms with Crippen LogP contribution in [0.25, 0.3) is 5.32 Å². The van der Waals surface area contributed by atoms with Gasteiger partial charge in [0.25, 0.3) is 0 Å². The van der Waals surface area contributed by atoms with Crippen LogP contribution in [0.5, 0.6) is 0 Å². The van der Waals surface area contributed by atoms with Gasteiger partial charge in [0.15, 0.2) is 0 Å². The van der Waals surface area contributed by atoms with Crippen molar-refractivity contribution in [2.24, 2.45) is 0 Å². The van der Waals surface area contributed by atoms with Crippen molar-refractivity contribution >= 4 is 11.9 Å². The Bertz CT molecular complexity index is 278. The molecular formula is C9H14KN3. The minimum atomic E-state index is 0. The Morgan fingerprint density at radius 3 is 2.46 bits per heavy atom. The fourth-order valence-electron chi connectivity index (χ4n) is 1.09. The van der Waals surface area contributed by atoms with E-state index in [0.29, 0.717) is 5.92 Å². The molecule has 0 saturated heterocycles. The van der Waals surface area contributed by atoms with Gasteiger partial charge in [0, 0.05) is 17.6 Å². The zero-order chi connectivity index (χ0) is 9.14. The van der Waals surface area contributed by atoms with Crippen LogP contribution < -0.4 is 51.4 Å². The number of hydrogen-bond donors (Lipinski definition) is 2. The summed E-state index contributed by atoms with van der Waals surface area (Å²) in [6.45, 7) is 4.22. The molecule has 4 heteroatoms. The van der Waals surface area contributed by atoms with Crippen molar-refractivity contribution in [3.05, 3.63) is 22.8 Å². The molecule has 0 unspecified atom stereocenters. The zero-order valence-electron chi connectivity index (χ0n) is 8.68. The van der Waals surface area contributed by atoms with Crippen molar-refractivity contribution in [2.75, 3.05) is 7.05 Å². The number of aromatic nitrogens is 1. The first kappa shape index (κ1) is 13.4. The molecule has 0 aromatic carbocycles. The second-order valence-electron chi connectivity index (χ2n) is 3.05. The summed E-state index contributed by atoms with van der Waals surface area (Å²) in [7, 11) is 1.74. The van der Waals surface area contributed by atoms with Crippen LogP contribution in [0.1, 0.15) is 31.2 Å². The van der Waals surface area contributed by atoms with Crippen molar-refractivity contribution in [1.29, 1.82) is 5.41 Å². The molecule has 0 atom stereocenters. The summed E-state index contributed by atoms with van der Waals surface area (Å²) < 4.78 is 0. The van der Waals surface area contributed by atoms with Gasteiger partial charge in [0.2, 0.25) is 0 Å². The van der Waals surface area contributed by atoms with Crippen LogP contribution in [0.3, 0.4) is 0 Å². The molecule has 0 amide bonds. The smallest absolute Gasteiger partial charge is 0.685 e. The van der Waals surface area contributed by atoms with Crippen LogP contribution in [0.4, 0.5) is 5.69 Å². The van der Waals surface area contributed by atoms with E-state index in [2.05, 4.69) is 24.1 Å². The Morgan fingerprint density at radius 2 is 2.15 bits per heavy atom. The molecule has 1 heterocycles. The third-order valence-electron chi connectivity index (χ3n) is 1.85. The summed E-state index contributed by atoms with van der Waals surface area (Å²) >= 11 is 0. The Kier molecular flexibility index (Phi) is 6.16. The largest absolute Gasteiger partial charge is 1.00 e. The van der Waals surface area contributed by atoms with Crippen LogP contribution in [0.2, 0.25) is 0 Å². The standard InChI is InChI=1S/C9H14N3.K/c1-6(2)7-4-8(11-3)9(5-10)12-7;/h4-6,10,12H,1-3H3;/q-1;+1. The van der Waals surface area contributed by atoms with Gasteiger partial charge in [-0.05, 0) is 5.92 Å². The second-order valence-corrected chi connectivity index (χ2v) is 3.05. The van der Waals surface area contributed by atoms with Gasteiger partial charge in [-0.2, -0.15) is 0 Å². The minimum absolute atomic E-state index is 0. The molecule has 0 spiro atoms. The molecule has 0 saturated carbocycles. The maximum atomic E-state index is 7.13. The molecule has 0 aliphatic carbocycles. The van der Waals surface area contributed by atoms with Crippen LogP contribution in [-0.2, 0) is 0 Å². The molecule has 0 radical (unpaired) electrons. The van der Waals surface area contributed by atoms with E-state index >= 15 is 0 Å². The fourth-order valence-corrected chi connectivity index (χ4v) is 1.09. The minimum Gasteiger partial charge on any atom is -0.685 e. The third-order valence-corrected chi connectivity index (χ3v) is 1.85. The summed E-state index contributed by atoms with van der Waals surface area (Å²) in [5.74, 6) is 0.458. The normalized spacial score (nSPS) is 9.54. The zero-order valence-corrected chi connectivity index (χ0v) is 11.8. The van der Waals surface area contributed by atoms with Gasteiger partial charge >= 0.3 is 51.4 Å². The molecule has 0 aliphatic rings. The van der Waals surface area contributed by atoms with Gasteiger partial charge in [-0.1, -0.05) is 19.9 Å². The summed E-state index contributed by atoms with van der Waals surface area (Å²) in [6.07, 6.45) is 1.30. The summed E-state index contributed by atoms with van der Waals surface area (Å²) in [5, 5.41) is 11.2. The molecule has 0 fully saturated rings. The van der Waals surface area contributed by atoms with E-state index in [0.717, 1.165) is 17.1 Å². The van der Waals surface area contributed by atoms with E-state index in [1.165, 1.54) is 6.21 Å². The van der Waals surface area contributed by atoms with E-state index in [4.69, 9.17) is 5.41 Å². The molecule has 0 aliphatic heterocycles. The number of rotatable bonds is 3. The van der Waals surface area contributed by atoms with Gasteiger partial charge in [0.1, 0.15) is 0 Å². The molecule has 2 N–H and O–H groups in total. The van der Waals surface area contributed by atoms with Crippen LogP contribution >= 0.6 is 0 Å². The van der Waals surface area contributed by atoms with Crippen LogP contribution in [-0.4, -0.2) is 18.2 Å². The molecule has 1 aromatic heterocycles. The maximum absolute atomic E-state index is 7.13. The first-order valence-electron chi connectivity index (χ1n) is 4.02. The average Bonchev–Trinajstić information content (AvgIpc) is 2.46. The first-order chi connectivity index (χ1) is 5.69. The van der Waals surface area contributed by atoms with Crippen LogP contribution in [0.15, 0.2) is 6.07 Å². The number of nitrogens with zero attached hydrogens (tertiary/aromatic N) is 1. The Hall–Kier alpha value is 0.386. The quantitative estimate of drug-likeness (QED) is 0.504. The summed E-state index contributed by atoms with van der Waals surface area (Å²) in [6, 6.07) is 1.99. The van der Waals surface area contributed by atoms with E-state index < -0.39 is 0 Å². The molecule has 3 nitrogen and oxygen atoms in total. The first-order valence-corrected chi connectivity index (χ1v) is 4.02. The third kappa shape index (κ3) is 3.22. The van der Waals surface area contributed by atoms with Crippen molar-refractivity contribution in [1.82, 2.24) is 4.98 Å². The number of hydrogen-bond acceptors (Lipinski definition) is 1. The second kappa shape index (κ2) is 5.98. The molecular weight excluding hydrogens is 189 g/mol. The fraction of sp³-hybridized carbons (Fsp3) is 0.444. The Morgan fingerprint density at radius 1 is 1.54 bits per heavy atom. The van der Waals surface area contributed by atoms with Gasteiger partial charge in [-0.3, -0.25) is 0 Å². The molecule has 13 heavy (non-hydrogen) atoms. The summed E-state index contributed by atoms with van der Waals surface area (Å²) in [4.78, 5) is 3.14. The van der Waals surface area contributed by atoms with Gasteiger partial charge in [-0.15, -0.1) is 12.7 Å². The molecule has 66 valence electrons. The van der Waals surface area contributed by atoms with Crippen LogP contribution in [0, 0.1) is 5.41 Å². The van der Waals surface area contributed by atoms with E-state index in [1.807, 2.05) is 6.07 Å². The van der Waals surface area contributed by atoms with Crippen molar-refractivity contribution in [3.8, 4) is 0 Å².